The van der Waals surface area contributed by atoms with E-state index in [9.17, 15) is 12.8 Å². The van der Waals surface area contributed by atoms with E-state index in [0.29, 0.717) is 18.6 Å². The molecular formula is C9H15FO3S2. The lowest BCUT2D eigenvalue weighted by atomic mass is 9.79. The molecule has 1 saturated carbocycles. The Balaban J connectivity index is 2.08. The Morgan fingerprint density at radius 3 is 2.73 bits per heavy atom. The summed E-state index contributed by atoms with van der Waals surface area (Å²) in [6.45, 7) is 0. The van der Waals surface area contributed by atoms with Crippen LogP contribution in [0.4, 0.5) is 4.39 Å². The van der Waals surface area contributed by atoms with Crippen molar-refractivity contribution >= 4 is 19.7 Å². The highest BCUT2D eigenvalue weighted by molar-refractivity contribution is 8.72. The van der Waals surface area contributed by atoms with Gasteiger partial charge in [-0.25, -0.2) is 12.8 Å². The van der Waals surface area contributed by atoms with Gasteiger partial charge < -0.3 is 4.74 Å². The van der Waals surface area contributed by atoms with Crippen LogP contribution in [0.2, 0.25) is 0 Å². The topological polar surface area (TPSA) is 43.4 Å². The minimum Gasteiger partial charge on any atom is -0.378 e. The SMILES string of the molecule is CO[C@@H]1C[C@H]2CS(=O)(=O)SC[C@@H]2C[C@H]1F. The highest BCUT2D eigenvalue weighted by Gasteiger charge is 2.42. The van der Waals surface area contributed by atoms with E-state index in [1.54, 1.807) is 0 Å². The molecule has 0 aromatic heterocycles. The zero-order chi connectivity index (χ0) is 11.1. The Morgan fingerprint density at radius 1 is 1.33 bits per heavy atom. The Morgan fingerprint density at radius 2 is 2.07 bits per heavy atom. The van der Waals surface area contributed by atoms with Crippen LogP contribution < -0.4 is 0 Å². The molecule has 0 radical (unpaired) electrons. The summed E-state index contributed by atoms with van der Waals surface area (Å²) in [5.41, 5.74) is 0. The molecule has 0 unspecified atom stereocenters. The third-order valence-corrected chi connectivity index (χ3v) is 6.97. The summed E-state index contributed by atoms with van der Waals surface area (Å²) in [4.78, 5) is 0. The molecule has 0 aromatic carbocycles. The molecule has 88 valence electrons. The second kappa shape index (κ2) is 4.22. The maximum Gasteiger partial charge on any atom is 0.201 e. The fourth-order valence-electron chi connectivity index (χ4n) is 2.43. The number of halogens is 1. The van der Waals surface area contributed by atoms with Gasteiger partial charge in [-0.05, 0) is 35.5 Å². The van der Waals surface area contributed by atoms with Gasteiger partial charge in [0.15, 0.2) is 0 Å². The van der Waals surface area contributed by atoms with E-state index >= 15 is 0 Å². The van der Waals surface area contributed by atoms with E-state index in [1.807, 2.05) is 0 Å². The number of rotatable bonds is 1. The summed E-state index contributed by atoms with van der Waals surface area (Å²) < 4.78 is 41.4. The first-order chi connectivity index (χ1) is 7.02. The number of hydrogen-bond donors (Lipinski definition) is 0. The van der Waals surface area contributed by atoms with Crippen molar-refractivity contribution in [1.82, 2.24) is 0 Å². The number of ether oxygens (including phenoxy) is 1. The predicted molar refractivity (Wildman–Crippen MR) is 58.2 cm³/mol. The van der Waals surface area contributed by atoms with Gasteiger partial charge in [0.1, 0.15) is 6.17 Å². The Bertz CT molecular complexity index is 330. The molecule has 0 spiro atoms. The van der Waals surface area contributed by atoms with Crippen LogP contribution in [0.3, 0.4) is 0 Å². The number of alkyl halides is 1. The minimum atomic E-state index is -2.96. The first kappa shape index (κ1) is 11.7. The lowest BCUT2D eigenvalue weighted by molar-refractivity contribution is -0.0244. The van der Waals surface area contributed by atoms with Gasteiger partial charge in [0.25, 0.3) is 0 Å². The van der Waals surface area contributed by atoms with Gasteiger partial charge >= 0.3 is 0 Å². The molecular weight excluding hydrogens is 239 g/mol. The number of hydrogen-bond acceptors (Lipinski definition) is 4. The zero-order valence-corrected chi connectivity index (χ0v) is 10.2. The van der Waals surface area contributed by atoms with Gasteiger partial charge in [-0.2, -0.15) is 0 Å². The van der Waals surface area contributed by atoms with Crippen LogP contribution >= 0.6 is 10.8 Å². The van der Waals surface area contributed by atoms with Crippen LogP contribution in [0, 0.1) is 11.8 Å². The summed E-state index contributed by atoms with van der Waals surface area (Å²) in [6, 6.07) is 0. The first-order valence-electron chi connectivity index (χ1n) is 5.06. The largest absolute Gasteiger partial charge is 0.378 e. The zero-order valence-electron chi connectivity index (χ0n) is 8.56. The minimum absolute atomic E-state index is 0.0909. The van der Waals surface area contributed by atoms with Gasteiger partial charge in [0.2, 0.25) is 8.87 Å². The van der Waals surface area contributed by atoms with Crippen molar-refractivity contribution in [3.8, 4) is 0 Å². The van der Waals surface area contributed by atoms with Gasteiger partial charge in [0.05, 0.1) is 11.9 Å². The Labute approximate surface area is 93.1 Å². The highest BCUT2D eigenvalue weighted by Crippen LogP contribution is 2.41. The number of methoxy groups -OCH3 is 1. The Kier molecular flexibility index (Phi) is 3.28. The summed E-state index contributed by atoms with van der Waals surface area (Å²) >= 11 is 0. The molecule has 0 amide bonds. The van der Waals surface area contributed by atoms with Crippen molar-refractivity contribution < 1.29 is 17.5 Å². The summed E-state index contributed by atoms with van der Waals surface area (Å²) in [6.07, 6.45) is -0.351. The third kappa shape index (κ3) is 2.47. The lowest BCUT2D eigenvalue weighted by Gasteiger charge is -2.39. The van der Waals surface area contributed by atoms with Crippen molar-refractivity contribution in [3.63, 3.8) is 0 Å². The lowest BCUT2D eigenvalue weighted by Crippen LogP contribution is -2.43. The van der Waals surface area contributed by atoms with Gasteiger partial charge in [0, 0.05) is 12.9 Å². The predicted octanol–water partition coefficient (Wildman–Crippen LogP) is 1.44. The third-order valence-electron chi connectivity index (χ3n) is 3.32. The molecule has 1 heterocycles. The van der Waals surface area contributed by atoms with Crippen LogP contribution in [0.1, 0.15) is 12.8 Å². The van der Waals surface area contributed by atoms with Crippen molar-refractivity contribution in [2.75, 3.05) is 18.6 Å². The molecule has 2 aliphatic rings. The second-order valence-corrected chi connectivity index (χ2v) is 8.54. The maximum atomic E-state index is 13.5. The average Bonchev–Trinajstić information content (AvgIpc) is 2.17. The summed E-state index contributed by atoms with van der Waals surface area (Å²) in [5, 5.41) is 0. The molecule has 0 bridgehead atoms. The molecule has 1 aliphatic carbocycles. The van der Waals surface area contributed by atoms with Crippen molar-refractivity contribution in [2.24, 2.45) is 11.8 Å². The van der Waals surface area contributed by atoms with E-state index in [0.717, 1.165) is 10.8 Å². The summed E-state index contributed by atoms with van der Waals surface area (Å²) in [7, 11) is -0.492. The standard InChI is InChI=1S/C9H15FO3S2/c1-13-9-3-7-5-15(11,12)14-4-6(7)2-8(9)10/h6-9H,2-5H2,1H3/t6-,7-,8+,9+/m0/s1. The highest BCUT2D eigenvalue weighted by atomic mass is 33.1. The van der Waals surface area contributed by atoms with E-state index in [2.05, 4.69) is 0 Å². The second-order valence-electron chi connectivity index (χ2n) is 4.29. The van der Waals surface area contributed by atoms with Gasteiger partial charge in [-0.15, -0.1) is 0 Å². The van der Waals surface area contributed by atoms with Gasteiger partial charge in [-0.1, -0.05) is 0 Å². The van der Waals surface area contributed by atoms with E-state index in [-0.39, 0.29) is 17.6 Å². The van der Waals surface area contributed by atoms with Crippen LogP contribution in [0.15, 0.2) is 0 Å². The fourth-order valence-corrected chi connectivity index (χ4v) is 6.20. The number of fused-ring (bicyclic) bond motifs is 1. The normalized spacial score (nSPS) is 44.7. The van der Waals surface area contributed by atoms with Crippen molar-refractivity contribution in [3.05, 3.63) is 0 Å². The van der Waals surface area contributed by atoms with Crippen LogP contribution in [-0.2, 0) is 13.6 Å². The molecule has 2 rings (SSSR count). The molecule has 2 fully saturated rings. The molecule has 3 nitrogen and oxygen atoms in total. The van der Waals surface area contributed by atoms with E-state index < -0.39 is 21.1 Å². The van der Waals surface area contributed by atoms with Crippen LogP contribution in [-0.4, -0.2) is 39.3 Å². The van der Waals surface area contributed by atoms with Crippen LogP contribution in [0.25, 0.3) is 0 Å². The summed E-state index contributed by atoms with van der Waals surface area (Å²) in [5.74, 6) is 1.03. The smallest absolute Gasteiger partial charge is 0.201 e. The van der Waals surface area contributed by atoms with E-state index in [4.69, 9.17) is 4.74 Å². The Hall–Kier alpha value is 0.190. The first-order valence-corrected chi connectivity index (χ1v) is 8.21. The van der Waals surface area contributed by atoms with Crippen molar-refractivity contribution in [2.45, 2.75) is 25.1 Å². The fraction of sp³-hybridized carbons (Fsp3) is 1.00. The molecule has 6 heteroatoms. The molecule has 1 saturated heterocycles. The van der Waals surface area contributed by atoms with Crippen LogP contribution in [0.5, 0.6) is 0 Å². The molecule has 15 heavy (non-hydrogen) atoms. The monoisotopic (exact) mass is 254 g/mol. The average molecular weight is 254 g/mol. The molecule has 1 aliphatic heterocycles. The van der Waals surface area contributed by atoms with Crippen molar-refractivity contribution in [1.29, 1.82) is 0 Å². The van der Waals surface area contributed by atoms with Gasteiger partial charge in [-0.3, -0.25) is 0 Å². The quantitative estimate of drug-likeness (QED) is 0.664. The molecule has 0 N–H and O–H groups in total. The van der Waals surface area contributed by atoms with E-state index in [1.165, 1.54) is 7.11 Å². The molecule has 4 atom stereocenters. The maximum absolute atomic E-state index is 13.5. The molecule has 0 aromatic rings.